The zero-order valence-corrected chi connectivity index (χ0v) is 6.55. The Labute approximate surface area is 62.2 Å². The summed E-state index contributed by atoms with van der Waals surface area (Å²) >= 11 is 0. The zero-order chi connectivity index (χ0) is 6.97. The minimum atomic E-state index is 0.608. The summed E-state index contributed by atoms with van der Waals surface area (Å²) in [4.78, 5) is 2.41. The van der Waals surface area contributed by atoms with E-state index >= 15 is 0 Å². The number of hydrogen-bond acceptors (Lipinski definition) is 2. The smallest absolute Gasteiger partial charge is 0.0628 e. The molecule has 2 rings (SSSR count). The summed E-state index contributed by atoms with van der Waals surface area (Å²) in [5.41, 5.74) is 0. The number of hydrogen-bond donors (Lipinski definition) is 0. The van der Waals surface area contributed by atoms with Crippen LogP contribution in [0.5, 0.6) is 0 Å². The standard InChI is InChI=1S/C8H15NO/c1-9-4-2-8-7(6-9)3-5-10-8/h7-8H,2-6H2,1H3/t7-,8+/m1/s1. The Morgan fingerprint density at radius 3 is 3.20 bits per heavy atom. The van der Waals surface area contributed by atoms with Crippen LogP contribution in [0.1, 0.15) is 12.8 Å². The van der Waals surface area contributed by atoms with E-state index in [0.29, 0.717) is 6.10 Å². The van der Waals surface area contributed by atoms with Gasteiger partial charge in [-0.05, 0) is 19.9 Å². The highest BCUT2D eigenvalue weighted by molar-refractivity contribution is 4.83. The fourth-order valence-corrected chi connectivity index (χ4v) is 2.06. The second-order valence-corrected chi connectivity index (χ2v) is 3.51. The quantitative estimate of drug-likeness (QED) is 0.493. The van der Waals surface area contributed by atoms with Crippen molar-refractivity contribution in [2.24, 2.45) is 5.92 Å². The van der Waals surface area contributed by atoms with Gasteiger partial charge in [0.15, 0.2) is 0 Å². The molecule has 2 aliphatic heterocycles. The van der Waals surface area contributed by atoms with Gasteiger partial charge in [0, 0.05) is 25.6 Å². The number of nitrogens with zero attached hydrogens (tertiary/aromatic N) is 1. The minimum absolute atomic E-state index is 0.608. The average molecular weight is 141 g/mol. The molecule has 58 valence electrons. The molecule has 2 nitrogen and oxygen atoms in total. The summed E-state index contributed by atoms with van der Waals surface area (Å²) < 4.78 is 5.58. The van der Waals surface area contributed by atoms with Crippen LogP contribution < -0.4 is 0 Å². The van der Waals surface area contributed by atoms with E-state index in [2.05, 4.69) is 11.9 Å². The van der Waals surface area contributed by atoms with Crippen LogP contribution in [-0.4, -0.2) is 37.7 Å². The highest BCUT2D eigenvalue weighted by atomic mass is 16.5. The van der Waals surface area contributed by atoms with Crippen molar-refractivity contribution >= 4 is 0 Å². The lowest BCUT2D eigenvalue weighted by molar-refractivity contribution is 0.0428. The van der Waals surface area contributed by atoms with Gasteiger partial charge in [0.25, 0.3) is 0 Å². The normalized spacial score (nSPS) is 41.7. The van der Waals surface area contributed by atoms with Gasteiger partial charge in [-0.2, -0.15) is 0 Å². The molecule has 2 heteroatoms. The molecular formula is C8H15NO. The molecule has 2 saturated heterocycles. The third kappa shape index (κ3) is 1.06. The molecule has 0 aliphatic carbocycles. The van der Waals surface area contributed by atoms with Crippen LogP contribution in [0.3, 0.4) is 0 Å². The van der Waals surface area contributed by atoms with Crippen molar-refractivity contribution in [3.05, 3.63) is 0 Å². The molecule has 0 N–H and O–H groups in total. The number of ether oxygens (including phenoxy) is 1. The molecule has 0 spiro atoms. The van der Waals surface area contributed by atoms with Gasteiger partial charge < -0.3 is 9.64 Å². The van der Waals surface area contributed by atoms with E-state index in [1.54, 1.807) is 0 Å². The molecule has 2 fully saturated rings. The fourth-order valence-electron chi connectivity index (χ4n) is 2.06. The highest BCUT2D eigenvalue weighted by Gasteiger charge is 2.32. The van der Waals surface area contributed by atoms with Crippen LogP contribution >= 0.6 is 0 Å². The summed E-state index contributed by atoms with van der Waals surface area (Å²) in [7, 11) is 2.20. The number of piperidine rings is 1. The molecular weight excluding hydrogens is 126 g/mol. The molecule has 0 bridgehead atoms. The summed E-state index contributed by atoms with van der Waals surface area (Å²) in [6.45, 7) is 3.48. The first-order valence-corrected chi connectivity index (χ1v) is 4.16. The molecule has 10 heavy (non-hydrogen) atoms. The Kier molecular flexibility index (Phi) is 1.66. The predicted molar refractivity (Wildman–Crippen MR) is 40.0 cm³/mol. The van der Waals surface area contributed by atoms with Crippen LogP contribution in [-0.2, 0) is 4.74 Å². The molecule has 2 atom stereocenters. The van der Waals surface area contributed by atoms with Gasteiger partial charge in [0.1, 0.15) is 0 Å². The van der Waals surface area contributed by atoms with Crippen molar-refractivity contribution in [3.63, 3.8) is 0 Å². The molecule has 0 amide bonds. The van der Waals surface area contributed by atoms with Crippen LogP contribution in [0, 0.1) is 5.92 Å². The molecule has 0 aromatic rings. The van der Waals surface area contributed by atoms with Crippen molar-refractivity contribution < 1.29 is 4.74 Å². The lowest BCUT2D eigenvalue weighted by Gasteiger charge is -2.31. The molecule has 2 aliphatic rings. The Balaban J connectivity index is 1.96. The number of likely N-dealkylation sites (tertiary alicyclic amines) is 1. The molecule has 0 saturated carbocycles. The average Bonchev–Trinajstić information content (AvgIpc) is 2.33. The van der Waals surface area contributed by atoms with E-state index in [1.165, 1.54) is 25.9 Å². The first-order chi connectivity index (χ1) is 4.86. The maximum absolute atomic E-state index is 5.58. The third-order valence-corrected chi connectivity index (χ3v) is 2.69. The van der Waals surface area contributed by atoms with E-state index < -0.39 is 0 Å². The maximum Gasteiger partial charge on any atom is 0.0628 e. The molecule has 0 radical (unpaired) electrons. The van der Waals surface area contributed by atoms with Gasteiger partial charge in [-0.15, -0.1) is 0 Å². The maximum atomic E-state index is 5.58. The molecule has 0 aromatic heterocycles. The minimum Gasteiger partial charge on any atom is -0.378 e. The van der Waals surface area contributed by atoms with Crippen LogP contribution in [0.4, 0.5) is 0 Å². The van der Waals surface area contributed by atoms with Crippen molar-refractivity contribution in [1.82, 2.24) is 4.90 Å². The Hall–Kier alpha value is -0.0800. The lowest BCUT2D eigenvalue weighted by atomic mass is 9.95. The Morgan fingerprint density at radius 2 is 2.30 bits per heavy atom. The molecule has 0 aromatic carbocycles. The zero-order valence-electron chi connectivity index (χ0n) is 6.55. The van der Waals surface area contributed by atoms with E-state index in [-0.39, 0.29) is 0 Å². The van der Waals surface area contributed by atoms with Gasteiger partial charge in [-0.25, -0.2) is 0 Å². The number of fused-ring (bicyclic) bond motifs is 1. The van der Waals surface area contributed by atoms with Crippen LogP contribution in [0.15, 0.2) is 0 Å². The molecule has 0 unspecified atom stereocenters. The van der Waals surface area contributed by atoms with Gasteiger partial charge >= 0.3 is 0 Å². The van der Waals surface area contributed by atoms with Gasteiger partial charge in [0.05, 0.1) is 6.10 Å². The fraction of sp³-hybridized carbons (Fsp3) is 1.00. The van der Waals surface area contributed by atoms with Gasteiger partial charge in [-0.3, -0.25) is 0 Å². The second-order valence-electron chi connectivity index (χ2n) is 3.51. The predicted octanol–water partition coefficient (Wildman–Crippen LogP) is 0.727. The summed E-state index contributed by atoms with van der Waals surface area (Å²) in [5, 5.41) is 0. The summed E-state index contributed by atoms with van der Waals surface area (Å²) in [6, 6.07) is 0. The van der Waals surface area contributed by atoms with E-state index in [4.69, 9.17) is 4.74 Å². The van der Waals surface area contributed by atoms with E-state index in [0.717, 1.165) is 12.5 Å². The number of rotatable bonds is 0. The van der Waals surface area contributed by atoms with Crippen molar-refractivity contribution in [3.8, 4) is 0 Å². The van der Waals surface area contributed by atoms with Crippen LogP contribution in [0.25, 0.3) is 0 Å². The van der Waals surface area contributed by atoms with Crippen molar-refractivity contribution in [2.75, 3.05) is 26.7 Å². The molecule has 2 heterocycles. The van der Waals surface area contributed by atoms with Gasteiger partial charge in [0.2, 0.25) is 0 Å². The monoisotopic (exact) mass is 141 g/mol. The summed E-state index contributed by atoms with van der Waals surface area (Å²) in [5.74, 6) is 0.846. The highest BCUT2D eigenvalue weighted by Crippen LogP contribution is 2.27. The van der Waals surface area contributed by atoms with E-state index in [1.807, 2.05) is 0 Å². The van der Waals surface area contributed by atoms with Crippen LogP contribution in [0.2, 0.25) is 0 Å². The second kappa shape index (κ2) is 2.51. The van der Waals surface area contributed by atoms with Crippen molar-refractivity contribution in [1.29, 1.82) is 0 Å². The van der Waals surface area contributed by atoms with Gasteiger partial charge in [-0.1, -0.05) is 0 Å². The van der Waals surface area contributed by atoms with Crippen molar-refractivity contribution in [2.45, 2.75) is 18.9 Å². The SMILES string of the molecule is CN1CC[C@@H]2OCC[C@@H]2C1. The Morgan fingerprint density at radius 1 is 1.40 bits per heavy atom. The largest absolute Gasteiger partial charge is 0.378 e. The topological polar surface area (TPSA) is 12.5 Å². The van der Waals surface area contributed by atoms with E-state index in [9.17, 15) is 0 Å². The third-order valence-electron chi connectivity index (χ3n) is 2.69. The Bertz CT molecular complexity index is 126. The first kappa shape index (κ1) is 6.62. The lowest BCUT2D eigenvalue weighted by Crippen LogP contribution is -2.38. The first-order valence-electron chi connectivity index (χ1n) is 4.16. The summed E-state index contributed by atoms with van der Waals surface area (Å²) in [6.07, 6.45) is 3.15.